The van der Waals surface area contributed by atoms with Crippen molar-refractivity contribution in [1.29, 1.82) is 0 Å². The molecule has 0 N–H and O–H groups in total. The zero-order valence-corrected chi connectivity index (χ0v) is 19.8. The summed E-state index contributed by atoms with van der Waals surface area (Å²) in [5.74, 6) is 2.36. The number of rotatable bonds is 4. The van der Waals surface area contributed by atoms with E-state index in [9.17, 15) is 4.39 Å². The van der Waals surface area contributed by atoms with Crippen molar-refractivity contribution in [2.24, 2.45) is 0 Å². The lowest BCUT2D eigenvalue weighted by Gasteiger charge is -2.18. The van der Waals surface area contributed by atoms with Crippen molar-refractivity contribution in [3.63, 3.8) is 0 Å². The maximum absolute atomic E-state index is 14.6. The Morgan fingerprint density at radius 2 is 0.838 bits per heavy atom. The molecule has 0 heterocycles. The highest BCUT2D eigenvalue weighted by molar-refractivity contribution is 6.11. The fourth-order valence-corrected chi connectivity index (χ4v) is 4.99. The van der Waals surface area contributed by atoms with Crippen LogP contribution in [0.2, 0.25) is 0 Å². The molecular weight excluding hydrogens is 459 g/mol. The van der Waals surface area contributed by atoms with Crippen LogP contribution in [0.25, 0.3) is 43.1 Å². The minimum Gasteiger partial charge on any atom is -0.456 e. The maximum atomic E-state index is 14.6. The van der Waals surface area contributed by atoms with Gasteiger partial charge in [-0.3, -0.25) is 0 Å². The molecule has 0 aromatic heterocycles. The number of fused-ring (bicyclic) bond motifs is 4. The van der Waals surface area contributed by atoms with Crippen molar-refractivity contribution in [3.05, 3.63) is 133 Å². The van der Waals surface area contributed by atoms with E-state index >= 15 is 0 Å². The third-order valence-electron chi connectivity index (χ3n) is 6.77. The maximum Gasteiger partial charge on any atom is 0.143 e. The number of benzene rings is 7. The standard InChI is InChI=1S/C34H21FO2/c35-26-15-18-31-32(21-26)34(37-28-17-14-23-8-2-4-10-25(23)20-28)30-12-6-5-11-29(30)33(31)36-27-16-13-22-7-1-3-9-24(22)19-27/h1-21H. The molecular formula is C34H21FO2. The molecule has 0 unspecified atom stereocenters. The first-order chi connectivity index (χ1) is 18.2. The summed E-state index contributed by atoms with van der Waals surface area (Å²) in [5.41, 5.74) is 0. The lowest BCUT2D eigenvalue weighted by molar-refractivity contribution is 0.486. The van der Waals surface area contributed by atoms with Gasteiger partial charge in [0.1, 0.15) is 28.8 Å². The molecule has 0 aliphatic rings. The topological polar surface area (TPSA) is 18.5 Å². The zero-order valence-electron chi connectivity index (χ0n) is 19.8. The molecule has 37 heavy (non-hydrogen) atoms. The van der Waals surface area contributed by atoms with Crippen LogP contribution in [0.15, 0.2) is 127 Å². The summed E-state index contributed by atoms with van der Waals surface area (Å²) in [4.78, 5) is 0. The van der Waals surface area contributed by atoms with Gasteiger partial charge in [0, 0.05) is 21.5 Å². The first-order valence-corrected chi connectivity index (χ1v) is 12.2. The molecule has 0 aliphatic carbocycles. The van der Waals surface area contributed by atoms with Crippen LogP contribution >= 0.6 is 0 Å². The van der Waals surface area contributed by atoms with Crippen molar-refractivity contribution in [2.75, 3.05) is 0 Å². The molecule has 0 saturated carbocycles. The second kappa shape index (κ2) is 8.65. The van der Waals surface area contributed by atoms with Crippen molar-refractivity contribution in [1.82, 2.24) is 0 Å². The quantitative estimate of drug-likeness (QED) is 0.233. The summed E-state index contributed by atoms with van der Waals surface area (Å²) in [6.45, 7) is 0. The lowest BCUT2D eigenvalue weighted by atomic mass is 10.00. The van der Waals surface area contributed by atoms with Gasteiger partial charge in [-0.1, -0.05) is 84.9 Å². The molecule has 2 nitrogen and oxygen atoms in total. The molecule has 176 valence electrons. The third-order valence-corrected chi connectivity index (χ3v) is 6.77. The van der Waals surface area contributed by atoms with Gasteiger partial charge in [0.05, 0.1) is 0 Å². The van der Waals surface area contributed by atoms with Gasteiger partial charge in [-0.2, -0.15) is 0 Å². The molecule has 7 aromatic rings. The molecule has 0 saturated heterocycles. The van der Waals surface area contributed by atoms with Crippen LogP contribution in [0.4, 0.5) is 4.39 Å². The van der Waals surface area contributed by atoms with Crippen LogP contribution in [0, 0.1) is 5.82 Å². The Bertz CT molecular complexity index is 1960. The number of hydrogen-bond donors (Lipinski definition) is 0. The van der Waals surface area contributed by atoms with Crippen molar-refractivity contribution in [2.45, 2.75) is 0 Å². The van der Waals surface area contributed by atoms with E-state index < -0.39 is 0 Å². The molecule has 0 radical (unpaired) electrons. The Balaban J connectivity index is 1.43. The van der Waals surface area contributed by atoms with Crippen LogP contribution < -0.4 is 9.47 Å². The van der Waals surface area contributed by atoms with Crippen molar-refractivity contribution in [3.8, 4) is 23.0 Å². The largest absolute Gasteiger partial charge is 0.456 e. The number of hydrogen-bond acceptors (Lipinski definition) is 2. The normalized spacial score (nSPS) is 11.4. The Morgan fingerprint density at radius 3 is 1.41 bits per heavy atom. The Labute approximate surface area is 213 Å². The van der Waals surface area contributed by atoms with E-state index in [2.05, 4.69) is 24.3 Å². The average Bonchev–Trinajstić information content (AvgIpc) is 2.94. The Morgan fingerprint density at radius 1 is 0.378 bits per heavy atom. The van der Waals surface area contributed by atoms with E-state index in [1.165, 1.54) is 12.1 Å². The van der Waals surface area contributed by atoms with E-state index in [4.69, 9.17) is 9.47 Å². The summed E-state index contributed by atoms with van der Waals surface area (Å²) in [5, 5.41) is 7.63. The highest BCUT2D eigenvalue weighted by Crippen LogP contribution is 2.46. The number of ether oxygens (including phenoxy) is 2. The van der Waals surface area contributed by atoms with E-state index in [0.717, 1.165) is 43.5 Å². The molecule has 0 amide bonds. The minimum atomic E-state index is -0.331. The summed E-state index contributed by atoms with van der Waals surface area (Å²) < 4.78 is 27.6. The van der Waals surface area contributed by atoms with Crippen LogP contribution in [0.5, 0.6) is 23.0 Å². The summed E-state index contributed by atoms with van der Waals surface area (Å²) >= 11 is 0. The van der Waals surface area contributed by atoms with E-state index in [0.29, 0.717) is 22.6 Å². The van der Waals surface area contributed by atoms with Crippen LogP contribution in [-0.4, -0.2) is 0 Å². The second-order valence-corrected chi connectivity index (χ2v) is 9.12. The smallest absolute Gasteiger partial charge is 0.143 e. The van der Waals surface area contributed by atoms with E-state index in [1.54, 1.807) is 6.07 Å². The van der Waals surface area contributed by atoms with Crippen molar-refractivity contribution < 1.29 is 13.9 Å². The molecule has 0 atom stereocenters. The highest BCUT2D eigenvalue weighted by atomic mass is 19.1. The third kappa shape index (κ3) is 3.82. The first kappa shape index (κ1) is 21.4. The molecule has 0 aliphatic heterocycles. The number of halogens is 1. The van der Waals surface area contributed by atoms with Gasteiger partial charge < -0.3 is 9.47 Å². The fraction of sp³-hybridized carbons (Fsp3) is 0. The zero-order chi connectivity index (χ0) is 24.8. The van der Waals surface area contributed by atoms with Crippen LogP contribution in [0.1, 0.15) is 0 Å². The lowest BCUT2D eigenvalue weighted by Crippen LogP contribution is -1.94. The van der Waals surface area contributed by atoms with Gasteiger partial charge in [0.25, 0.3) is 0 Å². The highest BCUT2D eigenvalue weighted by Gasteiger charge is 2.18. The van der Waals surface area contributed by atoms with Gasteiger partial charge >= 0.3 is 0 Å². The first-order valence-electron chi connectivity index (χ1n) is 12.2. The minimum absolute atomic E-state index is 0.331. The van der Waals surface area contributed by atoms with E-state index in [1.807, 2.05) is 84.9 Å². The Kier molecular flexibility index (Phi) is 5.00. The molecule has 3 heteroatoms. The average molecular weight is 481 g/mol. The van der Waals surface area contributed by atoms with Crippen LogP contribution in [0.3, 0.4) is 0 Å². The van der Waals surface area contributed by atoms with E-state index in [-0.39, 0.29) is 5.82 Å². The second-order valence-electron chi connectivity index (χ2n) is 9.12. The summed E-state index contributed by atoms with van der Waals surface area (Å²) in [7, 11) is 0. The molecule has 0 fully saturated rings. The predicted octanol–water partition coefficient (Wildman–Crippen LogP) is 10.0. The van der Waals surface area contributed by atoms with Crippen molar-refractivity contribution >= 4 is 43.1 Å². The summed E-state index contributed by atoms with van der Waals surface area (Å²) in [6, 6.07) is 41.0. The van der Waals surface area contributed by atoms with Gasteiger partial charge in [0.2, 0.25) is 0 Å². The monoisotopic (exact) mass is 480 g/mol. The van der Waals surface area contributed by atoms with Gasteiger partial charge in [-0.05, 0) is 64.0 Å². The summed E-state index contributed by atoms with van der Waals surface area (Å²) in [6.07, 6.45) is 0. The van der Waals surface area contributed by atoms with Gasteiger partial charge in [-0.15, -0.1) is 0 Å². The van der Waals surface area contributed by atoms with Gasteiger partial charge in [-0.25, -0.2) is 4.39 Å². The van der Waals surface area contributed by atoms with Gasteiger partial charge in [0.15, 0.2) is 0 Å². The molecule has 0 bridgehead atoms. The SMILES string of the molecule is Fc1ccc2c(Oc3ccc4ccccc4c3)c3ccccc3c(Oc3ccc4ccccc4c3)c2c1. The fourth-order valence-electron chi connectivity index (χ4n) is 4.99. The Hall–Kier alpha value is -4.89. The van der Waals surface area contributed by atoms with Crippen LogP contribution in [-0.2, 0) is 0 Å². The molecule has 0 spiro atoms. The molecule has 7 rings (SSSR count). The predicted molar refractivity (Wildman–Crippen MR) is 149 cm³/mol. The molecule has 7 aromatic carbocycles.